The SMILES string of the molecule is CC(C)(C)c1ccc(N2c3cc(-c4ccc5ccccc5c4)cc4c3B(c3cc5c(sc6ccccc65)c(-n5c6ccccc6c6c7c(ccc65)C(C)(C)c5ccccc5-7)c32)c2sc3ccc(C(C)(C)C)cc3c2N4c2ccc(C(C)(C)C)cc2)cc1. The van der Waals surface area contributed by atoms with Gasteiger partial charge in [-0.1, -0.05) is 216 Å². The zero-order chi connectivity index (χ0) is 59.4. The molecule has 0 saturated heterocycles. The standard InChI is InChI=1S/C81H68BN3S2/c1-78(2,3)51-30-35-54(36-31-51)83-66-43-50(49-29-28-47-20-12-13-21-48(47)42-49)44-67-72(66)82(77-73(83)60-45-53(80(7,8)9)34-41-69(60)87-77)63-46-59-56-22-16-19-27-68(56)86-76(59)75(74(63)84(67)55-37-32-52(33-38-55)79(4,5)6)85-64-26-18-15-24-58(64)71-65(85)40-39-62-70(71)57-23-14-17-25-61(57)81(62,10)11/h12-46H,1-11H3. The van der Waals surface area contributed by atoms with Crippen LogP contribution in [0.25, 0.3) is 90.8 Å². The lowest BCUT2D eigenvalue weighted by Crippen LogP contribution is -2.60. The van der Waals surface area contributed by atoms with E-state index in [1.165, 1.54) is 157 Å². The molecule has 0 amide bonds. The van der Waals surface area contributed by atoms with E-state index < -0.39 is 0 Å². The number of nitrogens with zero attached hydrogens (tertiary/aromatic N) is 3. The molecule has 422 valence electrons. The topological polar surface area (TPSA) is 11.4 Å². The van der Waals surface area contributed by atoms with Gasteiger partial charge in [0.1, 0.15) is 0 Å². The lowest BCUT2D eigenvalue weighted by Gasteiger charge is -2.44. The van der Waals surface area contributed by atoms with Gasteiger partial charge in [-0.15, -0.1) is 22.7 Å². The van der Waals surface area contributed by atoms with E-state index in [-0.39, 0.29) is 28.4 Å². The molecule has 0 bridgehead atoms. The van der Waals surface area contributed by atoms with Crippen LogP contribution in [0.5, 0.6) is 0 Å². The van der Waals surface area contributed by atoms with Crippen molar-refractivity contribution in [3.05, 3.63) is 240 Å². The van der Waals surface area contributed by atoms with Gasteiger partial charge < -0.3 is 14.4 Å². The Morgan fingerprint density at radius 3 is 1.71 bits per heavy atom. The summed E-state index contributed by atoms with van der Waals surface area (Å²) in [6.07, 6.45) is 0. The molecular formula is C81H68BN3S2. The molecule has 0 spiro atoms. The first-order chi connectivity index (χ1) is 41.8. The van der Waals surface area contributed by atoms with Crippen LogP contribution in [0.3, 0.4) is 0 Å². The highest BCUT2D eigenvalue weighted by Gasteiger charge is 2.48. The summed E-state index contributed by atoms with van der Waals surface area (Å²) in [4.78, 5) is 5.38. The summed E-state index contributed by atoms with van der Waals surface area (Å²) in [5.74, 6) is 0. The number of hydrogen-bond acceptors (Lipinski definition) is 4. The minimum absolute atomic E-state index is 0.0123. The summed E-state index contributed by atoms with van der Waals surface area (Å²) < 4.78 is 7.95. The number of benzene rings is 11. The van der Waals surface area contributed by atoms with Crippen LogP contribution in [0.4, 0.5) is 34.1 Å². The quantitative estimate of drug-likeness (QED) is 0.163. The van der Waals surface area contributed by atoms with Crippen LogP contribution >= 0.6 is 22.7 Å². The third-order valence-electron chi connectivity index (χ3n) is 19.8. The van der Waals surface area contributed by atoms with Crippen LogP contribution in [-0.4, -0.2) is 11.3 Å². The van der Waals surface area contributed by atoms with Gasteiger partial charge in [-0.25, -0.2) is 0 Å². The summed E-state index contributed by atoms with van der Waals surface area (Å²) >= 11 is 3.94. The molecule has 6 heteroatoms. The van der Waals surface area contributed by atoms with Crippen LogP contribution in [-0.2, 0) is 21.7 Å². The van der Waals surface area contributed by atoms with Crippen molar-refractivity contribution in [1.29, 1.82) is 0 Å². The number of fused-ring (bicyclic) bond motifs is 17. The van der Waals surface area contributed by atoms with Gasteiger partial charge in [0.2, 0.25) is 0 Å². The number of thiophene rings is 2. The monoisotopic (exact) mass is 1160 g/mol. The first kappa shape index (κ1) is 52.6. The van der Waals surface area contributed by atoms with Gasteiger partial charge in [0.05, 0.1) is 32.8 Å². The van der Waals surface area contributed by atoms with E-state index in [2.05, 4.69) is 303 Å². The number of hydrogen-bond donors (Lipinski definition) is 0. The Hall–Kier alpha value is -8.68. The maximum absolute atomic E-state index is 2.71. The molecule has 0 fully saturated rings. The second-order valence-corrected chi connectivity index (χ2v) is 30.6. The zero-order valence-corrected chi connectivity index (χ0v) is 53.1. The number of para-hydroxylation sites is 1. The van der Waals surface area contributed by atoms with Gasteiger partial charge in [0, 0.05) is 69.3 Å². The van der Waals surface area contributed by atoms with Crippen molar-refractivity contribution in [3.8, 4) is 27.9 Å². The van der Waals surface area contributed by atoms with Crippen molar-refractivity contribution < 1.29 is 0 Å². The minimum Gasteiger partial charge on any atom is -0.310 e. The number of aromatic nitrogens is 1. The van der Waals surface area contributed by atoms with Gasteiger partial charge in [-0.05, 0) is 161 Å². The summed E-state index contributed by atoms with van der Waals surface area (Å²) in [6, 6.07) is 82.7. The van der Waals surface area contributed by atoms with Crippen LogP contribution in [0.15, 0.2) is 212 Å². The fraction of sp³-hybridized carbons (Fsp3) is 0.185. The van der Waals surface area contributed by atoms with E-state index in [0.29, 0.717) is 0 Å². The Morgan fingerprint density at radius 2 is 1.01 bits per heavy atom. The summed E-state index contributed by atoms with van der Waals surface area (Å²) in [6.45, 7) is 25.7. The Morgan fingerprint density at radius 1 is 0.414 bits per heavy atom. The largest absolute Gasteiger partial charge is 0.310 e. The minimum atomic E-state index is -0.159. The highest BCUT2D eigenvalue weighted by molar-refractivity contribution is 7.34. The molecule has 0 radical (unpaired) electrons. The van der Waals surface area contributed by atoms with Crippen molar-refractivity contribution in [2.24, 2.45) is 0 Å². The smallest absolute Gasteiger partial charge is 0.264 e. The highest BCUT2D eigenvalue weighted by Crippen LogP contribution is 2.57. The molecule has 2 aliphatic heterocycles. The Kier molecular flexibility index (Phi) is 11.0. The summed E-state index contributed by atoms with van der Waals surface area (Å²) in [7, 11) is 0. The van der Waals surface area contributed by atoms with E-state index in [1.54, 1.807) is 0 Å². The van der Waals surface area contributed by atoms with Gasteiger partial charge in [0.25, 0.3) is 6.71 Å². The normalized spacial score (nSPS) is 14.4. The molecule has 87 heavy (non-hydrogen) atoms. The molecule has 0 N–H and O–H groups in total. The van der Waals surface area contributed by atoms with Gasteiger partial charge in [-0.2, -0.15) is 0 Å². The maximum atomic E-state index is 2.71. The summed E-state index contributed by atoms with van der Waals surface area (Å²) in [5, 5.41) is 8.94. The van der Waals surface area contributed by atoms with E-state index in [0.717, 1.165) is 11.4 Å². The van der Waals surface area contributed by atoms with E-state index in [1.807, 2.05) is 22.7 Å². The molecule has 3 aromatic heterocycles. The maximum Gasteiger partial charge on any atom is 0.264 e. The Labute approximate surface area is 518 Å². The average molecular weight is 1160 g/mol. The lowest BCUT2D eigenvalue weighted by atomic mass is 9.36. The van der Waals surface area contributed by atoms with Crippen LogP contribution in [0.1, 0.15) is 104 Å². The van der Waals surface area contributed by atoms with Gasteiger partial charge in [-0.3, -0.25) is 0 Å². The highest BCUT2D eigenvalue weighted by atomic mass is 32.1. The van der Waals surface area contributed by atoms with Gasteiger partial charge in [0.15, 0.2) is 0 Å². The van der Waals surface area contributed by atoms with Crippen LogP contribution in [0, 0.1) is 0 Å². The van der Waals surface area contributed by atoms with E-state index in [4.69, 9.17) is 0 Å². The molecule has 0 atom stereocenters. The molecule has 14 aromatic rings. The Bertz CT molecular complexity index is 5260. The van der Waals surface area contributed by atoms with Gasteiger partial charge >= 0.3 is 0 Å². The van der Waals surface area contributed by atoms with E-state index in [9.17, 15) is 0 Å². The molecule has 17 rings (SSSR count). The molecular weight excluding hydrogens is 1090 g/mol. The first-order valence-corrected chi connectivity index (χ1v) is 32.6. The predicted octanol–water partition coefficient (Wildman–Crippen LogP) is 21.5. The predicted molar refractivity (Wildman–Crippen MR) is 380 cm³/mol. The van der Waals surface area contributed by atoms with Crippen molar-refractivity contribution in [2.45, 2.75) is 97.8 Å². The lowest BCUT2D eigenvalue weighted by molar-refractivity contribution is 0.590. The van der Waals surface area contributed by atoms with Crippen molar-refractivity contribution in [1.82, 2.24) is 4.57 Å². The third kappa shape index (κ3) is 7.60. The van der Waals surface area contributed by atoms with Crippen LogP contribution < -0.4 is 25.5 Å². The van der Waals surface area contributed by atoms with Crippen molar-refractivity contribution >= 4 is 142 Å². The van der Waals surface area contributed by atoms with E-state index >= 15 is 0 Å². The molecule has 1 aliphatic carbocycles. The molecule has 0 saturated carbocycles. The average Bonchev–Trinajstić information content (AvgIpc) is 1.66. The van der Waals surface area contributed by atoms with Crippen molar-refractivity contribution in [3.63, 3.8) is 0 Å². The number of rotatable bonds is 4. The molecule has 3 aliphatic rings. The molecule has 11 aromatic carbocycles. The molecule has 3 nitrogen and oxygen atoms in total. The van der Waals surface area contributed by atoms with Crippen molar-refractivity contribution in [2.75, 3.05) is 9.80 Å². The number of anilines is 6. The fourth-order valence-electron chi connectivity index (χ4n) is 15.3. The Balaban J connectivity index is 1.08. The second kappa shape index (κ2) is 18.2. The second-order valence-electron chi connectivity index (χ2n) is 28.5. The molecule has 5 heterocycles. The molecule has 0 unspecified atom stereocenters. The first-order valence-electron chi connectivity index (χ1n) is 31.0. The van der Waals surface area contributed by atoms with Crippen LogP contribution in [0.2, 0.25) is 0 Å². The summed E-state index contributed by atoms with van der Waals surface area (Å²) in [5.41, 5.74) is 25.0. The fourth-order valence-corrected chi connectivity index (χ4v) is 17.8. The zero-order valence-electron chi connectivity index (χ0n) is 51.4. The third-order valence-corrected chi connectivity index (χ3v) is 22.2.